The van der Waals surface area contributed by atoms with Gasteiger partial charge in [-0.2, -0.15) is 0 Å². The minimum absolute atomic E-state index is 0. The normalized spacial score (nSPS) is 10.2. The van der Waals surface area contributed by atoms with Crippen LogP contribution in [0.4, 0.5) is 0 Å². The average Bonchev–Trinajstić information content (AvgIpc) is 2.56. The van der Waals surface area contributed by atoms with Crippen LogP contribution in [0.3, 0.4) is 0 Å². The highest BCUT2D eigenvalue weighted by Crippen LogP contribution is 2.23. The molecule has 0 radical (unpaired) electrons. The molecule has 2 rings (SSSR count). The van der Waals surface area contributed by atoms with Crippen LogP contribution in [0.15, 0.2) is 54.6 Å². The zero-order valence-electron chi connectivity index (χ0n) is 14.7. The molecule has 0 fully saturated rings. The van der Waals surface area contributed by atoms with Gasteiger partial charge in [0.15, 0.2) is 0 Å². The first-order valence-corrected chi connectivity index (χ1v) is 8.04. The molecule has 0 unspecified atom stereocenters. The van der Waals surface area contributed by atoms with E-state index in [0.717, 1.165) is 0 Å². The number of rotatable bonds is 2. The van der Waals surface area contributed by atoms with E-state index in [0.29, 0.717) is 0 Å². The second-order valence-electron chi connectivity index (χ2n) is 4.31. The lowest BCUT2D eigenvalue weighted by molar-refractivity contribution is 1.50. The molecule has 0 heteroatoms. The Balaban J connectivity index is 0. The van der Waals surface area contributed by atoms with Crippen molar-refractivity contribution in [3.8, 4) is 0 Å². The predicted molar refractivity (Wildman–Crippen MR) is 107 cm³/mol. The summed E-state index contributed by atoms with van der Waals surface area (Å²) in [5.74, 6) is 0. The molecule has 0 amide bonds. The fourth-order valence-corrected chi connectivity index (χ4v) is 2.08. The van der Waals surface area contributed by atoms with Crippen LogP contribution in [0.5, 0.6) is 0 Å². The molecular weight excluding hydrogens is 264 g/mol. The lowest BCUT2D eigenvalue weighted by Crippen LogP contribution is -1.82. The third kappa shape index (κ3) is 6.30. The van der Waals surface area contributed by atoms with E-state index in [1.807, 2.05) is 34.6 Å². The van der Waals surface area contributed by atoms with Crippen LogP contribution in [-0.4, -0.2) is 0 Å². The largest absolute Gasteiger partial charge is 0.0871 e. The molecule has 0 spiro atoms. The molecular formula is C22H34. The van der Waals surface area contributed by atoms with Crippen LogP contribution in [0, 0.1) is 6.92 Å². The van der Waals surface area contributed by atoms with Crippen LogP contribution < -0.4 is 0 Å². The number of aryl methyl sites for hydroxylation is 1. The zero-order chi connectivity index (χ0) is 16.3. The summed E-state index contributed by atoms with van der Waals surface area (Å²) in [7, 11) is 0. The van der Waals surface area contributed by atoms with E-state index in [9.17, 15) is 0 Å². The molecule has 122 valence electrons. The van der Waals surface area contributed by atoms with E-state index in [1.54, 1.807) is 0 Å². The number of fused-ring (bicyclic) bond motifs is 1. The Kier molecular flexibility index (Phi) is 13.2. The van der Waals surface area contributed by atoms with Crippen molar-refractivity contribution in [3.05, 3.63) is 65.8 Å². The van der Waals surface area contributed by atoms with Gasteiger partial charge in [-0.1, -0.05) is 89.2 Å². The van der Waals surface area contributed by atoms with Crippen LogP contribution >= 0.6 is 0 Å². The molecule has 0 aliphatic heterocycles. The molecule has 0 saturated carbocycles. The minimum Gasteiger partial charge on any atom is -0.0871 e. The quantitative estimate of drug-likeness (QED) is 0.496. The van der Waals surface area contributed by atoms with Crippen molar-refractivity contribution in [3.63, 3.8) is 0 Å². The van der Waals surface area contributed by atoms with Crippen molar-refractivity contribution < 1.29 is 0 Å². The van der Waals surface area contributed by atoms with Gasteiger partial charge < -0.3 is 0 Å². The highest BCUT2D eigenvalue weighted by atomic mass is 14.0. The summed E-state index contributed by atoms with van der Waals surface area (Å²) >= 11 is 0. The van der Waals surface area contributed by atoms with Gasteiger partial charge in [0.25, 0.3) is 0 Å². The van der Waals surface area contributed by atoms with Gasteiger partial charge >= 0.3 is 0 Å². The van der Waals surface area contributed by atoms with E-state index in [-0.39, 0.29) is 7.43 Å². The van der Waals surface area contributed by atoms with Gasteiger partial charge in [-0.3, -0.25) is 0 Å². The van der Waals surface area contributed by atoms with Crippen molar-refractivity contribution in [1.29, 1.82) is 0 Å². The SMILES string of the molecule is C.C/C=C\C(=C/C)c1ccc2cc(C)ccc2c1.CC.CC. The number of allylic oxidation sites excluding steroid dienone is 4. The summed E-state index contributed by atoms with van der Waals surface area (Å²) in [6.07, 6.45) is 6.37. The lowest BCUT2D eigenvalue weighted by atomic mass is 10.00. The Morgan fingerprint density at radius 1 is 0.818 bits per heavy atom. The fourth-order valence-electron chi connectivity index (χ4n) is 2.08. The van der Waals surface area contributed by atoms with Gasteiger partial charge in [-0.05, 0) is 48.7 Å². The van der Waals surface area contributed by atoms with Crippen molar-refractivity contribution in [2.75, 3.05) is 0 Å². The Bertz CT molecular complexity index is 586. The monoisotopic (exact) mass is 298 g/mol. The molecule has 2 aromatic rings. The second kappa shape index (κ2) is 12.9. The first-order chi connectivity index (χ1) is 10.2. The first kappa shape index (κ1) is 22.5. The Morgan fingerprint density at radius 2 is 1.36 bits per heavy atom. The highest BCUT2D eigenvalue weighted by molar-refractivity contribution is 5.88. The van der Waals surface area contributed by atoms with Gasteiger partial charge in [0.2, 0.25) is 0 Å². The van der Waals surface area contributed by atoms with Gasteiger partial charge in [-0.25, -0.2) is 0 Å². The molecule has 0 aromatic heterocycles. The average molecular weight is 299 g/mol. The highest BCUT2D eigenvalue weighted by Gasteiger charge is 1.99. The van der Waals surface area contributed by atoms with Crippen molar-refractivity contribution in [2.45, 2.75) is 55.9 Å². The van der Waals surface area contributed by atoms with Crippen LogP contribution in [-0.2, 0) is 0 Å². The van der Waals surface area contributed by atoms with Crippen LogP contribution in [0.25, 0.3) is 16.3 Å². The summed E-state index contributed by atoms with van der Waals surface area (Å²) in [4.78, 5) is 0. The minimum atomic E-state index is 0. The maximum absolute atomic E-state index is 2.25. The van der Waals surface area contributed by atoms with Crippen LogP contribution in [0.1, 0.15) is 60.1 Å². The molecule has 22 heavy (non-hydrogen) atoms. The molecule has 0 N–H and O–H groups in total. The van der Waals surface area contributed by atoms with E-state index < -0.39 is 0 Å². The smallest absolute Gasteiger partial charge is 0.0178 e. The zero-order valence-corrected chi connectivity index (χ0v) is 14.7. The van der Waals surface area contributed by atoms with E-state index in [4.69, 9.17) is 0 Å². The third-order valence-electron chi connectivity index (χ3n) is 2.99. The van der Waals surface area contributed by atoms with Gasteiger partial charge in [0.05, 0.1) is 0 Å². The van der Waals surface area contributed by atoms with Crippen molar-refractivity contribution >= 4 is 16.3 Å². The number of benzene rings is 2. The lowest BCUT2D eigenvalue weighted by Gasteiger charge is -2.05. The standard InChI is InChI=1S/C17H18.2C2H6.CH4/c1-4-6-14(5-2)16-10-9-15-11-13(3)7-8-17(15)12-16;2*1-2;/h4-12H,1-3H3;2*1-2H3;1H4/b6-4-,14-5+;;;. The molecule has 0 aliphatic carbocycles. The topological polar surface area (TPSA) is 0 Å². The molecule has 0 aliphatic rings. The van der Waals surface area contributed by atoms with E-state index >= 15 is 0 Å². The fraction of sp³-hybridized carbons (Fsp3) is 0.364. The van der Waals surface area contributed by atoms with Crippen molar-refractivity contribution in [2.24, 2.45) is 0 Å². The Morgan fingerprint density at radius 3 is 1.91 bits per heavy atom. The van der Waals surface area contributed by atoms with Gasteiger partial charge in [0, 0.05) is 0 Å². The van der Waals surface area contributed by atoms with Gasteiger partial charge in [0.1, 0.15) is 0 Å². The molecule has 0 atom stereocenters. The third-order valence-corrected chi connectivity index (χ3v) is 2.99. The molecule has 2 aromatic carbocycles. The van der Waals surface area contributed by atoms with Gasteiger partial charge in [-0.15, -0.1) is 0 Å². The molecule has 0 saturated heterocycles. The summed E-state index contributed by atoms with van der Waals surface area (Å²) in [6.45, 7) is 14.3. The first-order valence-electron chi connectivity index (χ1n) is 8.04. The molecule has 0 heterocycles. The predicted octanol–water partition coefficient (Wildman–Crippen LogP) is 7.82. The summed E-state index contributed by atoms with van der Waals surface area (Å²) < 4.78 is 0. The Labute approximate surface area is 138 Å². The van der Waals surface area contributed by atoms with E-state index in [2.05, 4.69) is 68.5 Å². The summed E-state index contributed by atoms with van der Waals surface area (Å²) in [6, 6.07) is 13.2. The second-order valence-corrected chi connectivity index (χ2v) is 4.31. The number of hydrogen-bond donors (Lipinski definition) is 0. The maximum Gasteiger partial charge on any atom is -0.0178 e. The summed E-state index contributed by atoms with van der Waals surface area (Å²) in [5, 5.41) is 2.61. The molecule has 0 nitrogen and oxygen atoms in total. The van der Waals surface area contributed by atoms with E-state index in [1.165, 1.54) is 27.5 Å². The van der Waals surface area contributed by atoms with Crippen molar-refractivity contribution in [1.82, 2.24) is 0 Å². The maximum atomic E-state index is 2.25. The Hall–Kier alpha value is -1.82. The molecule has 0 bridgehead atoms. The van der Waals surface area contributed by atoms with Crippen LogP contribution in [0.2, 0.25) is 0 Å². The summed E-state index contributed by atoms with van der Waals surface area (Å²) in [5.41, 5.74) is 3.86. The number of hydrogen-bond acceptors (Lipinski definition) is 0.